The Morgan fingerprint density at radius 2 is 1.31 bits per heavy atom. The molecule has 0 saturated heterocycles. The lowest BCUT2D eigenvalue weighted by molar-refractivity contribution is 0.0714. The largest absolute Gasteiger partial charge is 0.469 e. The van der Waals surface area contributed by atoms with E-state index in [4.69, 9.17) is 8.83 Å². The van der Waals surface area contributed by atoms with Gasteiger partial charge >= 0.3 is 0 Å². The minimum Gasteiger partial charge on any atom is -0.469 e. The Kier molecular flexibility index (Phi) is 3.48. The zero-order chi connectivity index (χ0) is 21.4. The highest BCUT2D eigenvalue weighted by Gasteiger charge is 2.71. The molecule has 2 aromatic carbocycles. The van der Waals surface area contributed by atoms with Crippen molar-refractivity contribution in [2.45, 2.75) is 24.2 Å². The SMILES string of the molecule is O=C1c2ccccc2[C@@H]2[C@H]1[C@@H](c1ccco1)[C@@]1(Cc3ccccc3C1=O)[C@H]2c1ccco1. The van der Waals surface area contributed by atoms with E-state index in [0.29, 0.717) is 12.2 Å². The standard InChI is InChI=1S/C28H20O4/c29-26-19-10-4-3-9-18(19)22-23(26)25(21-12-6-14-32-21)28(24(22)20-11-5-13-31-20)15-16-7-1-2-8-17(16)27(28)30/h1-14,22-25H,15H2/t22-,23+,24+,25-,28-/m1/s1. The molecule has 2 heterocycles. The van der Waals surface area contributed by atoms with Crippen molar-refractivity contribution in [1.29, 1.82) is 0 Å². The van der Waals surface area contributed by atoms with E-state index in [9.17, 15) is 9.59 Å². The lowest BCUT2D eigenvalue weighted by Gasteiger charge is -2.35. The van der Waals surface area contributed by atoms with Gasteiger partial charge in [-0.15, -0.1) is 0 Å². The number of Topliss-reactive ketones (excluding diaryl/α,β-unsaturated/α-hetero) is 2. The van der Waals surface area contributed by atoms with Crippen LogP contribution in [-0.4, -0.2) is 11.6 Å². The maximum Gasteiger partial charge on any atom is 0.171 e. The minimum absolute atomic E-state index is 0.0931. The van der Waals surface area contributed by atoms with Crippen LogP contribution >= 0.6 is 0 Å². The summed E-state index contributed by atoms with van der Waals surface area (Å²) in [5, 5.41) is 0. The molecule has 156 valence electrons. The smallest absolute Gasteiger partial charge is 0.171 e. The normalized spacial score (nSPS) is 30.0. The molecule has 7 rings (SSSR count). The average Bonchev–Trinajstić information content (AvgIpc) is 3.62. The van der Waals surface area contributed by atoms with Gasteiger partial charge in [0.25, 0.3) is 0 Å². The van der Waals surface area contributed by atoms with Gasteiger partial charge < -0.3 is 8.83 Å². The maximum absolute atomic E-state index is 14.3. The van der Waals surface area contributed by atoms with Crippen molar-refractivity contribution >= 4 is 11.6 Å². The number of carbonyl (C=O) groups excluding carboxylic acids is 2. The number of carbonyl (C=O) groups is 2. The van der Waals surface area contributed by atoms with Crippen molar-refractivity contribution in [3.63, 3.8) is 0 Å². The summed E-state index contributed by atoms with van der Waals surface area (Å²) in [5.74, 6) is 0.531. The van der Waals surface area contributed by atoms with E-state index < -0.39 is 5.41 Å². The van der Waals surface area contributed by atoms with Crippen LogP contribution in [0.5, 0.6) is 0 Å². The predicted octanol–water partition coefficient (Wildman–Crippen LogP) is 5.78. The first kappa shape index (κ1) is 18.0. The third-order valence-corrected chi connectivity index (χ3v) is 7.97. The van der Waals surface area contributed by atoms with E-state index in [0.717, 1.165) is 28.0 Å². The van der Waals surface area contributed by atoms with Gasteiger partial charge in [-0.05, 0) is 41.8 Å². The molecular formula is C28H20O4. The number of rotatable bonds is 2. The highest BCUT2D eigenvalue weighted by atomic mass is 16.3. The van der Waals surface area contributed by atoms with Gasteiger partial charge in [0, 0.05) is 34.8 Å². The van der Waals surface area contributed by atoms with Crippen LogP contribution in [-0.2, 0) is 6.42 Å². The Morgan fingerprint density at radius 3 is 1.97 bits per heavy atom. The fraction of sp³-hybridized carbons (Fsp3) is 0.214. The molecule has 0 radical (unpaired) electrons. The molecule has 1 spiro atoms. The van der Waals surface area contributed by atoms with Crippen LogP contribution in [0.1, 0.15) is 61.1 Å². The molecule has 1 fully saturated rings. The molecule has 0 aliphatic heterocycles. The summed E-state index contributed by atoms with van der Waals surface area (Å²) in [6.07, 6.45) is 3.87. The van der Waals surface area contributed by atoms with E-state index in [-0.39, 0.29) is 35.2 Å². The Labute approximate surface area is 184 Å². The van der Waals surface area contributed by atoms with Crippen molar-refractivity contribution in [3.8, 4) is 0 Å². The van der Waals surface area contributed by atoms with Gasteiger partial charge in [0.2, 0.25) is 0 Å². The summed E-state index contributed by atoms with van der Waals surface area (Å²) in [4.78, 5) is 28.1. The molecule has 4 nitrogen and oxygen atoms in total. The third kappa shape index (κ3) is 2.03. The van der Waals surface area contributed by atoms with E-state index >= 15 is 0 Å². The lowest BCUT2D eigenvalue weighted by atomic mass is 9.64. The quantitative estimate of drug-likeness (QED) is 0.413. The Hall–Kier alpha value is -3.66. The van der Waals surface area contributed by atoms with Gasteiger partial charge in [-0.25, -0.2) is 0 Å². The van der Waals surface area contributed by atoms with Crippen molar-refractivity contribution in [3.05, 3.63) is 119 Å². The first-order valence-electron chi connectivity index (χ1n) is 11.0. The van der Waals surface area contributed by atoms with Gasteiger partial charge in [0.1, 0.15) is 11.5 Å². The first-order chi connectivity index (χ1) is 15.7. The minimum atomic E-state index is -0.835. The highest BCUT2D eigenvalue weighted by molar-refractivity contribution is 6.10. The van der Waals surface area contributed by atoms with Crippen molar-refractivity contribution in [2.24, 2.45) is 11.3 Å². The van der Waals surface area contributed by atoms with Gasteiger partial charge in [-0.1, -0.05) is 48.5 Å². The zero-order valence-electron chi connectivity index (χ0n) is 17.2. The summed E-state index contributed by atoms with van der Waals surface area (Å²) < 4.78 is 11.9. The summed E-state index contributed by atoms with van der Waals surface area (Å²) >= 11 is 0. The summed E-state index contributed by atoms with van der Waals surface area (Å²) in [6, 6.07) is 23.3. The first-order valence-corrected chi connectivity index (χ1v) is 11.0. The average molecular weight is 420 g/mol. The molecule has 0 unspecified atom stereocenters. The third-order valence-electron chi connectivity index (χ3n) is 7.97. The second-order valence-corrected chi connectivity index (χ2v) is 9.19. The fourth-order valence-electron chi connectivity index (χ4n) is 6.97. The molecule has 0 bridgehead atoms. The number of ketones is 2. The number of fused-ring (bicyclic) bond motifs is 4. The molecule has 4 aromatic rings. The van der Waals surface area contributed by atoms with Gasteiger partial charge in [0.05, 0.1) is 17.9 Å². The summed E-state index contributed by atoms with van der Waals surface area (Å²) in [5.41, 5.74) is 2.72. The maximum atomic E-state index is 14.3. The van der Waals surface area contributed by atoms with Crippen LogP contribution in [0.25, 0.3) is 0 Å². The van der Waals surface area contributed by atoms with Crippen LogP contribution in [0, 0.1) is 11.3 Å². The lowest BCUT2D eigenvalue weighted by Crippen LogP contribution is -2.38. The second-order valence-electron chi connectivity index (χ2n) is 9.19. The number of hydrogen-bond acceptors (Lipinski definition) is 4. The zero-order valence-corrected chi connectivity index (χ0v) is 17.2. The van der Waals surface area contributed by atoms with E-state index in [2.05, 4.69) is 0 Å². The molecular weight excluding hydrogens is 400 g/mol. The summed E-state index contributed by atoms with van der Waals surface area (Å²) in [6.45, 7) is 0. The van der Waals surface area contributed by atoms with E-state index in [1.54, 1.807) is 12.5 Å². The monoisotopic (exact) mass is 420 g/mol. The predicted molar refractivity (Wildman–Crippen MR) is 117 cm³/mol. The van der Waals surface area contributed by atoms with Crippen LogP contribution in [0.15, 0.2) is 94.2 Å². The van der Waals surface area contributed by atoms with Crippen LogP contribution < -0.4 is 0 Å². The van der Waals surface area contributed by atoms with Crippen LogP contribution in [0.3, 0.4) is 0 Å². The van der Waals surface area contributed by atoms with Crippen LogP contribution in [0.4, 0.5) is 0 Å². The number of benzene rings is 2. The second kappa shape index (κ2) is 6.19. The number of furan rings is 2. The van der Waals surface area contributed by atoms with E-state index in [1.165, 1.54) is 0 Å². The molecule has 3 aliphatic carbocycles. The molecule has 4 heteroatoms. The topological polar surface area (TPSA) is 60.4 Å². The van der Waals surface area contributed by atoms with Crippen molar-refractivity contribution in [1.82, 2.24) is 0 Å². The molecule has 1 saturated carbocycles. The van der Waals surface area contributed by atoms with Crippen LogP contribution in [0.2, 0.25) is 0 Å². The van der Waals surface area contributed by atoms with Gasteiger partial charge in [-0.3, -0.25) is 9.59 Å². The van der Waals surface area contributed by atoms with Crippen molar-refractivity contribution in [2.75, 3.05) is 0 Å². The molecule has 3 aliphatic rings. The molecule has 32 heavy (non-hydrogen) atoms. The fourth-order valence-corrected chi connectivity index (χ4v) is 6.97. The molecule has 0 N–H and O–H groups in total. The summed E-state index contributed by atoms with van der Waals surface area (Å²) in [7, 11) is 0. The Morgan fingerprint density at radius 1 is 0.688 bits per heavy atom. The van der Waals surface area contributed by atoms with E-state index in [1.807, 2.05) is 72.8 Å². The number of hydrogen-bond donors (Lipinski definition) is 0. The Bertz CT molecular complexity index is 1360. The highest BCUT2D eigenvalue weighted by Crippen LogP contribution is 2.72. The molecule has 0 amide bonds. The molecule has 5 atom stereocenters. The van der Waals surface area contributed by atoms with Gasteiger partial charge in [-0.2, -0.15) is 0 Å². The molecule has 2 aromatic heterocycles. The van der Waals surface area contributed by atoms with Gasteiger partial charge in [0.15, 0.2) is 11.6 Å². The Balaban J connectivity index is 1.56. The van der Waals surface area contributed by atoms with Crippen molar-refractivity contribution < 1.29 is 18.4 Å².